The Morgan fingerprint density at radius 1 is 1.40 bits per heavy atom. The molecule has 0 saturated carbocycles. The molecule has 100 valence electrons. The first-order chi connectivity index (χ1) is 9.51. The van der Waals surface area contributed by atoms with Gasteiger partial charge in [-0.15, -0.1) is 0 Å². The number of halogens is 1. The number of carbonyl (C=O) groups is 1. The molecule has 0 unspecified atom stereocenters. The number of hydrogen-bond acceptors (Lipinski definition) is 4. The molecule has 0 aliphatic heterocycles. The van der Waals surface area contributed by atoms with E-state index in [1.54, 1.807) is 24.3 Å². The van der Waals surface area contributed by atoms with E-state index in [0.29, 0.717) is 15.5 Å². The Bertz CT molecular complexity index is 726. The normalized spacial score (nSPS) is 10.1. The third-order valence-electron chi connectivity index (χ3n) is 2.50. The van der Waals surface area contributed by atoms with Gasteiger partial charge in [0.2, 0.25) is 0 Å². The standard InChI is InChI=1S/C14H9BrN2O2S/c1-8-2-3-9(7-16)13(17-8)20-12-6-10(15)4-5-11(12)14(18)19/h2-6H,1H3,(H,18,19). The molecule has 20 heavy (non-hydrogen) atoms. The highest BCUT2D eigenvalue weighted by atomic mass is 79.9. The van der Waals surface area contributed by atoms with Crippen molar-refractivity contribution in [1.29, 1.82) is 5.26 Å². The van der Waals surface area contributed by atoms with Crippen molar-refractivity contribution < 1.29 is 9.90 Å². The van der Waals surface area contributed by atoms with Crippen LogP contribution in [0.25, 0.3) is 0 Å². The van der Waals surface area contributed by atoms with Gasteiger partial charge in [0, 0.05) is 15.1 Å². The van der Waals surface area contributed by atoms with E-state index in [9.17, 15) is 9.90 Å². The lowest BCUT2D eigenvalue weighted by atomic mass is 10.2. The summed E-state index contributed by atoms with van der Waals surface area (Å²) in [4.78, 5) is 16.1. The van der Waals surface area contributed by atoms with Crippen LogP contribution in [0.4, 0.5) is 0 Å². The maximum atomic E-state index is 11.2. The van der Waals surface area contributed by atoms with Crippen LogP contribution in [-0.4, -0.2) is 16.1 Å². The first kappa shape index (κ1) is 14.6. The minimum absolute atomic E-state index is 0.186. The Morgan fingerprint density at radius 2 is 2.15 bits per heavy atom. The second-order valence-electron chi connectivity index (χ2n) is 3.96. The minimum Gasteiger partial charge on any atom is -0.478 e. The van der Waals surface area contributed by atoms with Crippen molar-refractivity contribution in [2.45, 2.75) is 16.8 Å². The first-order valence-corrected chi connectivity index (χ1v) is 7.20. The van der Waals surface area contributed by atoms with Gasteiger partial charge in [0.1, 0.15) is 11.1 Å². The SMILES string of the molecule is Cc1ccc(C#N)c(Sc2cc(Br)ccc2C(=O)O)n1. The van der Waals surface area contributed by atoms with Gasteiger partial charge in [0.05, 0.1) is 11.1 Å². The molecule has 4 nitrogen and oxygen atoms in total. The van der Waals surface area contributed by atoms with Crippen LogP contribution in [0.1, 0.15) is 21.6 Å². The van der Waals surface area contributed by atoms with Crippen LogP contribution in [0.3, 0.4) is 0 Å². The van der Waals surface area contributed by atoms with Gasteiger partial charge in [-0.1, -0.05) is 27.7 Å². The quantitative estimate of drug-likeness (QED) is 0.910. The molecule has 1 heterocycles. The average Bonchev–Trinajstić information content (AvgIpc) is 2.38. The van der Waals surface area contributed by atoms with Crippen LogP contribution >= 0.6 is 27.7 Å². The summed E-state index contributed by atoms with van der Waals surface area (Å²) in [7, 11) is 0. The molecule has 0 bridgehead atoms. The molecule has 0 amide bonds. The molecule has 1 aromatic carbocycles. The van der Waals surface area contributed by atoms with E-state index in [4.69, 9.17) is 5.26 Å². The van der Waals surface area contributed by atoms with E-state index < -0.39 is 5.97 Å². The molecule has 0 aliphatic rings. The predicted octanol–water partition coefficient (Wildman–Crippen LogP) is 3.87. The first-order valence-electron chi connectivity index (χ1n) is 5.59. The number of nitriles is 1. The number of aromatic nitrogens is 1. The highest BCUT2D eigenvalue weighted by Crippen LogP contribution is 2.33. The fourth-order valence-corrected chi connectivity index (χ4v) is 3.14. The van der Waals surface area contributed by atoms with Crippen molar-refractivity contribution in [2.75, 3.05) is 0 Å². The van der Waals surface area contributed by atoms with Crippen LogP contribution in [-0.2, 0) is 0 Å². The van der Waals surface area contributed by atoms with Gasteiger partial charge < -0.3 is 5.11 Å². The number of hydrogen-bond donors (Lipinski definition) is 1. The molecule has 0 radical (unpaired) electrons. The van der Waals surface area contributed by atoms with Gasteiger partial charge in [-0.2, -0.15) is 5.26 Å². The van der Waals surface area contributed by atoms with Crippen LogP contribution in [0, 0.1) is 18.3 Å². The summed E-state index contributed by atoms with van der Waals surface area (Å²) in [6.07, 6.45) is 0. The monoisotopic (exact) mass is 348 g/mol. The maximum Gasteiger partial charge on any atom is 0.336 e. The molecule has 1 N–H and O–H groups in total. The molecule has 0 fully saturated rings. The van der Waals surface area contributed by atoms with Crippen molar-refractivity contribution in [1.82, 2.24) is 4.98 Å². The Labute approximate surface area is 128 Å². The lowest BCUT2D eigenvalue weighted by Crippen LogP contribution is -1.99. The van der Waals surface area contributed by atoms with Crippen molar-refractivity contribution in [3.63, 3.8) is 0 Å². The lowest BCUT2D eigenvalue weighted by Gasteiger charge is -2.07. The van der Waals surface area contributed by atoms with Gasteiger partial charge in [-0.05, 0) is 37.3 Å². The van der Waals surface area contributed by atoms with E-state index in [1.165, 1.54) is 17.8 Å². The summed E-state index contributed by atoms with van der Waals surface area (Å²) in [6, 6.07) is 10.4. The van der Waals surface area contributed by atoms with Gasteiger partial charge in [-0.25, -0.2) is 9.78 Å². The number of aromatic carboxylic acids is 1. The van der Waals surface area contributed by atoms with Crippen LogP contribution in [0.15, 0.2) is 44.7 Å². The van der Waals surface area contributed by atoms with Gasteiger partial charge in [-0.3, -0.25) is 0 Å². The van der Waals surface area contributed by atoms with Crippen LogP contribution < -0.4 is 0 Å². The molecular formula is C14H9BrN2O2S. The number of aryl methyl sites for hydroxylation is 1. The number of nitrogens with zero attached hydrogens (tertiary/aromatic N) is 2. The molecule has 6 heteroatoms. The Hall–Kier alpha value is -1.84. The summed E-state index contributed by atoms with van der Waals surface area (Å²) >= 11 is 4.49. The summed E-state index contributed by atoms with van der Waals surface area (Å²) in [5, 5.41) is 18.8. The topological polar surface area (TPSA) is 74.0 Å². The number of benzene rings is 1. The van der Waals surface area contributed by atoms with E-state index in [1.807, 2.05) is 6.92 Å². The summed E-state index contributed by atoms with van der Waals surface area (Å²) in [5.74, 6) is -1.01. The number of pyridine rings is 1. The van der Waals surface area contributed by atoms with Gasteiger partial charge >= 0.3 is 5.97 Å². The van der Waals surface area contributed by atoms with E-state index >= 15 is 0 Å². The molecule has 2 aromatic rings. The molecule has 0 atom stereocenters. The van der Waals surface area contributed by atoms with Gasteiger partial charge in [0.15, 0.2) is 0 Å². The fraction of sp³-hybridized carbons (Fsp3) is 0.0714. The summed E-state index contributed by atoms with van der Waals surface area (Å²) in [6.45, 7) is 1.82. The Balaban J connectivity index is 2.50. The van der Waals surface area contributed by atoms with Crippen molar-refractivity contribution in [3.8, 4) is 6.07 Å². The van der Waals surface area contributed by atoms with E-state index in [0.717, 1.165) is 10.2 Å². The number of carboxylic acids is 1. The molecule has 0 spiro atoms. The highest BCUT2D eigenvalue weighted by Gasteiger charge is 2.14. The molecular weight excluding hydrogens is 340 g/mol. The third-order valence-corrected chi connectivity index (χ3v) is 4.06. The molecule has 0 saturated heterocycles. The van der Waals surface area contributed by atoms with E-state index in [-0.39, 0.29) is 5.56 Å². The number of rotatable bonds is 3. The van der Waals surface area contributed by atoms with Crippen molar-refractivity contribution in [2.24, 2.45) is 0 Å². The largest absolute Gasteiger partial charge is 0.478 e. The molecule has 2 rings (SSSR count). The second kappa shape index (κ2) is 6.07. The van der Waals surface area contributed by atoms with Crippen LogP contribution in [0.2, 0.25) is 0 Å². The fourth-order valence-electron chi connectivity index (χ4n) is 1.56. The second-order valence-corrected chi connectivity index (χ2v) is 5.91. The Morgan fingerprint density at radius 3 is 2.80 bits per heavy atom. The maximum absolute atomic E-state index is 11.2. The predicted molar refractivity (Wildman–Crippen MR) is 78.9 cm³/mol. The zero-order chi connectivity index (χ0) is 14.7. The summed E-state index contributed by atoms with van der Waals surface area (Å²) in [5.41, 5.74) is 1.39. The highest BCUT2D eigenvalue weighted by molar-refractivity contribution is 9.10. The minimum atomic E-state index is -1.01. The van der Waals surface area contributed by atoms with Crippen molar-refractivity contribution in [3.05, 3.63) is 51.6 Å². The Kier molecular flexibility index (Phi) is 4.42. The molecule has 1 aromatic heterocycles. The number of carboxylic acid groups (broad SMARTS) is 1. The van der Waals surface area contributed by atoms with E-state index in [2.05, 4.69) is 27.0 Å². The lowest BCUT2D eigenvalue weighted by molar-refractivity contribution is 0.0693. The summed E-state index contributed by atoms with van der Waals surface area (Å²) < 4.78 is 0.774. The zero-order valence-corrected chi connectivity index (χ0v) is 12.8. The van der Waals surface area contributed by atoms with Crippen molar-refractivity contribution >= 4 is 33.7 Å². The molecule has 0 aliphatic carbocycles. The van der Waals surface area contributed by atoms with Gasteiger partial charge in [0.25, 0.3) is 0 Å². The van der Waals surface area contributed by atoms with Crippen LogP contribution in [0.5, 0.6) is 0 Å². The zero-order valence-electron chi connectivity index (χ0n) is 10.4. The smallest absolute Gasteiger partial charge is 0.336 e. The average molecular weight is 349 g/mol. The third kappa shape index (κ3) is 3.18.